The Bertz CT molecular complexity index is 783. The molecule has 2 aromatic heterocycles. The molecule has 0 saturated heterocycles. The predicted molar refractivity (Wildman–Crippen MR) is 79.1 cm³/mol. The summed E-state index contributed by atoms with van der Waals surface area (Å²) in [5.74, 6) is 0. The lowest BCUT2D eigenvalue weighted by atomic mass is 10.3. The third-order valence-electron chi connectivity index (χ3n) is 3.05. The van der Waals surface area contributed by atoms with Crippen molar-refractivity contribution < 1.29 is 0 Å². The quantitative estimate of drug-likeness (QED) is 0.750. The van der Waals surface area contributed by atoms with Crippen LogP contribution >= 0.6 is 23.8 Å². The fourth-order valence-corrected chi connectivity index (χ4v) is 2.62. The number of aromatic nitrogens is 4. The van der Waals surface area contributed by atoms with Crippen LogP contribution in [0.1, 0.15) is 5.56 Å². The third kappa shape index (κ3) is 2.43. The van der Waals surface area contributed by atoms with Crippen LogP contribution < -0.4 is 0 Å². The highest BCUT2D eigenvalue weighted by Gasteiger charge is 2.05. The number of fused-ring (bicyclic) bond motifs is 1. The summed E-state index contributed by atoms with van der Waals surface area (Å²) in [6, 6.07) is 5.75. The lowest BCUT2D eigenvalue weighted by Gasteiger charge is -2.05. The van der Waals surface area contributed by atoms with Gasteiger partial charge in [0, 0.05) is 17.8 Å². The van der Waals surface area contributed by atoms with Gasteiger partial charge in [-0.25, -0.2) is 0 Å². The van der Waals surface area contributed by atoms with E-state index in [9.17, 15) is 0 Å². The molecule has 0 aliphatic heterocycles. The van der Waals surface area contributed by atoms with Crippen molar-refractivity contribution in [2.24, 2.45) is 0 Å². The zero-order chi connectivity index (χ0) is 13.4. The molecule has 98 valence electrons. The summed E-state index contributed by atoms with van der Waals surface area (Å²) in [6.07, 6.45) is 3.88. The van der Waals surface area contributed by atoms with Crippen molar-refractivity contribution >= 4 is 34.9 Å². The molecule has 0 unspecified atom stereocenters. The van der Waals surface area contributed by atoms with E-state index < -0.39 is 0 Å². The fraction of sp³-hybridized carbons (Fsp3) is 0.231. The molecule has 6 heteroatoms. The molecule has 1 N–H and O–H groups in total. The number of hydrogen-bond acceptors (Lipinski definition) is 2. The van der Waals surface area contributed by atoms with Crippen LogP contribution in [0.25, 0.3) is 11.0 Å². The Morgan fingerprint density at radius 3 is 2.95 bits per heavy atom. The zero-order valence-electron chi connectivity index (χ0n) is 10.4. The van der Waals surface area contributed by atoms with Gasteiger partial charge >= 0.3 is 0 Å². The van der Waals surface area contributed by atoms with Crippen LogP contribution in [-0.4, -0.2) is 19.3 Å². The number of nitrogens with one attached hydrogen (secondary N) is 1. The van der Waals surface area contributed by atoms with Crippen LogP contribution in [0.4, 0.5) is 0 Å². The van der Waals surface area contributed by atoms with Gasteiger partial charge in [0.25, 0.3) is 0 Å². The maximum atomic E-state index is 5.98. The van der Waals surface area contributed by atoms with E-state index in [0.29, 0.717) is 9.79 Å². The van der Waals surface area contributed by atoms with Crippen molar-refractivity contribution in [3.05, 3.63) is 45.9 Å². The van der Waals surface area contributed by atoms with Gasteiger partial charge in [0.15, 0.2) is 4.77 Å². The van der Waals surface area contributed by atoms with E-state index in [-0.39, 0.29) is 0 Å². The van der Waals surface area contributed by atoms with Gasteiger partial charge in [0.05, 0.1) is 23.8 Å². The first-order chi connectivity index (χ1) is 9.13. The smallest absolute Gasteiger partial charge is 0.178 e. The maximum absolute atomic E-state index is 5.98. The van der Waals surface area contributed by atoms with Gasteiger partial charge in [-0.15, -0.1) is 0 Å². The van der Waals surface area contributed by atoms with Gasteiger partial charge in [0.1, 0.15) is 0 Å². The van der Waals surface area contributed by atoms with Crippen LogP contribution in [0.15, 0.2) is 30.6 Å². The van der Waals surface area contributed by atoms with Gasteiger partial charge in [0.2, 0.25) is 0 Å². The summed E-state index contributed by atoms with van der Waals surface area (Å²) in [5, 5.41) is 4.98. The van der Waals surface area contributed by atoms with Crippen LogP contribution in [0.3, 0.4) is 0 Å². The molecule has 19 heavy (non-hydrogen) atoms. The number of aryl methyl sites for hydroxylation is 3. The van der Waals surface area contributed by atoms with Crippen LogP contribution in [-0.2, 0) is 13.1 Å². The number of halogens is 1. The number of nitrogens with zero attached hydrogens (tertiary/aromatic N) is 3. The summed E-state index contributed by atoms with van der Waals surface area (Å²) in [6.45, 7) is 3.60. The Balaban J connectivity index is 1.92. The molecule has 0 atom stereocenters. The molecular weight excluding hydrogens is 280 g/mol. The first kappa shape index (κ1) is 12.4. The monoisotopic (exact) mass is 292 g/mol. The minimum Gasteiger partial charge on any atom is -0.331 e. The summed E-state index contributed by atoms with van der Waals surface area (Å²) >= 11 is 11.3. The maximum Gasteiger partial charge on any atom is 0.178 e. The first-order valence-electron chi connectivity index (χ1n) is 6.00. The highest BCUT2D eigenvalue weighted by Crippen LogP contribution is 2.19. The minimum absolute atomic E-state index is 0.707. The Labute approximate surface area is 120 Å². The van der Waals surface area contributed by atoms with E-state index in [1.165, 1.54) is 0 Å². The summed E-state index contributed by atoms with van der Waals surface area (Å²) in [7, 11) is 0. The third-order valence-corrected chi connectivity index (χ3v) is 3.61. The van der Waals surface area contributed by atoms with E-state index in [1.54, 1.807) is 0 Å². The van der Waals surface area contributed by atoms with Crippen LogP contribution in [0.5, 0.6) is 0 Å². The lowest BCUT2D eigenvalue weighted by molar-refractivity contribution is 0.537. The summed E-state index contributed by atoms with van der Waals surface area (Å²) < 4.78 is 4.70. The second kappa shape index (κ2) is 4.83. The molecule has 0 bridgehead atoms. The Hall–Kier alpha value is -1.59. The molecule has 0 radical (unpaired) electrons. The van der Waals surface area contributed by atoms with Crippen LogP contribution in [0.2, 0.25) is 5.02 Å². The largest absolute Gasteiger partial charge is 0.331 e. The van der Waals surface area contributed by atoms with Gasteiger partial charge in [-0.1, -0.05) is 11.6 Å². The number of H-pyrrole nitrogens is 1. The molecule has 2 heterocycles. The second-order valence-electron chi connectivity index (χ2n) is 4.52. The molecule has 3 aromatic rings. The first-order valence-corrected chi connectivity index (χ1v) is 6.79. The molecule has 0 spiro atoms. The van der Waals surface area contributed by atoms with E-state index in [2.05, 4.69) is 14.6 Å². The fourth-order valence-electron chi connectivity index (χ4n) is 2.15. The van der Waals surface area contributed by atoms with E-state index in [1.807, 2.05) is 42.2 Å². The molecular formula is C13H13ClN4S. The standard InChI is InChI=1S/C13H13ClN4S/c1-9-7-15-17(8-9)4-5-18-12-3-2-10(14)6-11(12)16-13(18)19/h2-3,6-8H,4-5H2,1H3,(H,16,19). The molecule has 3 rings (SSSR count). The van der Waals surface area contributed by atoms with Gasteiger partial charge < -0.3 is 9.55 Å². The van der Waals surface area contributed by atoms with E-state index in [0.717, 1.165) is 29.7 Å². The summed E-state index contributed by atoms with van der Waals surface area (Å²) in [5.41, 5.74) is 3.20. The van der Waals surface area contributed by atoms with Gasteiger partial charge in [-0.05, 0) is 42.9 Å². The topological polar surface area (TPSA) is 38.5 Å². The highest BCUT2D eigenvalue weighted by atomic mass is 35.5. The van der Waals surface area contributed by atoms with Crippen molar-refractivity contribution in [2.75, 3.05) is 0 Å². The number of benzene rings is 1. The lowest BCUT2D eigenvalue weighted by Crippen LogP contribution is -2.07. The van der Waals surface area contributed by atoms with Crippen molar-refractivity contribution in [3.63, 3.8) is 0 Å². The van der Waals surface area contributed by atoms with Crippen molar-refractivity contribution in [1.82, 2.24) is 19.3 Å². The van der Waals surface area contributed by atoms with Gasteiger partial charge in [-0.3, -0.25) is 4.68 Å². The predicted octanol–water partition coefficient (Wildman–Crippen LogP) is 3.56. The SMILES string of the molecule is Cc1cnn(CCn2c(=S)[nH]c3cc(Cl)ccc32)c1. The normalized spacial score (nSPS) is 11.3. The number of imidazole rings is 1. The average Bonchev–Trinajstić information content (AvgIpc) is 2.89. The Kier molecular flexibility index (Phi) is 3.16. The Morgan fingerprint density at radius 2 is 2.21 bits per heavy atom. The Morgan fingerprint density at radius 1 is 1.37 bits per heavy atom. The molecule has 4 nitrogen and oxygen atoms in total. The summed E-state index contributed by atoms with van der Waals surface area (Å²) in [4.78, 5) is 3.17. The number of aromatic amines is 1. The molecule has 0 fully saturated rings. The molecule has 0 saturated carbocycles. The van der Waals surface area contributed by atoms with Crippen molar-refractivity contribution in [2.45, 2.75) is 20.0 Å². The molecule has 0 amide bonds. The molecule has 0 aliphatic rings. The van der Waals surface area contributed by atoms with Crippen molar-refractivity contribution in [1.29, 1.82) is 0 Å². The average molecular weight is 293 g/mol. The highest BCUT2D eigenvalue weighted by molar-refractivity contribution is 7.71. The second-order valence-corrected chi connectivity index (χ2v) is 5.35. The zero-order valence-corrected chi connectivity index (χ0v) is 12.0. The van der Waals surface area contributed by atoms with E-state index in [4.69, 9.17) is 23.8 Å². The minimum atomic E-state index is 0.707. The van der Waals surface area contributed by atoms with Gasteiger partial charge in [-0.2, -0.15) is 5.10 Å². The van der Waals surface area contributed by atoms with E-state index >= 15 is 0 Å². The number of hydrogen-bond donors (Lipinski definition) is 1. The van der Waals surface area contributed by atoms with Crippen molar-refractivity contribution in [3.8, 4) is 0 Å². The number of rotatable bonds is 3. The molecule has 0 aliphatic carbocycles. The van der Waals surface area contributed by atoms with Crippen LogP contribution in [0, 0.1) is 11.7 Å². The molecule has 1 aromatic carbocycles.